The van der Waals surface area contributed by atoms with Gasteiger partial charge in [-0.3, -0.25) is 4.79 Å². The van der Waals surface area contributed by atoms with E-state index in [9.17, 15) is 4.79 Å². The van der Waals surface area contributed by atoms with Crippen LogP contribution in [-0.4, -0.2) is 11.8 Å². The van der Waals surface area contributed by atoms with Crippen LogP contribution in [0.3, 0.4) is 0 Å². The monoisotopic (exact) mass is 203 g/mol. The Hall–Kier alpha value is -1.15. The van der Waals surface area contributed by atoms with Crippen molar-refractivity contribution in [3.63, 3.8) is 0 Å². The van der Waals surface area contributed by atoms with Crippen molar-refractivity contribution in [2.45, 2.75) is 32.2 Å². The van der Waals surface area contributed by atoms with E-state index in [0.717, 1.165) is 30.4 Å². The Morgan fingerprint density at radius 1 is 1.40 bits per heavy atom. The fourth-order valence-corrected chi connectivity index (χ4v) is 2.29. The molecule has 0 heterocycles. The first-order valence-electron chi connectivity index (χ1n) is 5.53. The number of ketones is 1. The second-order valence-corrected chi connectivity index (χ2v) is 4.50. The number of carbonyl (C=O) groups is 1. The summed E-state index contributed by atoms with van der Waals surface area (Å²) in [6, 6.07) is 8.05. The molecule has 80 valence electrons. The summed E-state index contributed by atoms with van der Waals surface area (Å²) in [4.78, 5) is 12.1. The molecule has 0 radical (unpaired) electrons. The molecule has 0 amide bonds. The zero-order chi connectivity index (χ0) is 10.8. The van der Waals surface area contributed by atoms with Crippen LogP contribution in [0.1, 0.15) is 35.2 Å². The van der Waals surface area contributed by atoms with Gasteiger partial charge in [0.05, 0.1) is 0 Å². The molecule has 2 nitrogen and oxygen atoms in total. The van der Waals surface area contributed by atoms with Gasteiger partial charge in [0.2, 0.25) is 0 Å². The van der Waals surface area contributed by atoms with Crippen molar-refractivity contribution in [3.8, 4) is 0 Å². The number of carbonyl (C=O) groups excluding carboxylic acids is 1. The third kappa shape index (κ3) is 2.26. The van der Waals surface area contributed by atoms with Gasteiger partial charge in [0, 0.05) is 17.5 Å². The summed E-state index contributed by atoms with van der Waals surface area (Å²) < 4.78 is 0. The summed E-state index contributed by atoms with van der Waals surface area (Å²) >= 11 is 0. The third-order valence-corrected chi connectivity index (χ3v) is 3.15. The van der Waals surface area contributed by atoms with E-state index in [4.69, 9.17) is 5.73 Å². The number of hydrogen-bond acceptors (Lipinski definition) is 2. The predicted octanol–water partition coefficient (Wildman–Crippen LogP) is 2.31. The molecule has 2 unspecified atom stereocenters. The molecule has 1 saturated carbocycles. The van der Waals surface area contributed by atoms with Crippen LogP contribution in [-0.2, 0) is 0 Å². The molecule has 2 rings (SSSR count). The second kappa shape index (κ2) is 4.15. The Balaban J connectivity index is 2.14. The summed E-state index contributed by atoms with van der Waals surface area (Å²) in [5.74, 6) is 0.424. The third-order valence-electron chi connectivity index (χ3n) is 3.15. The highest BCUT2D eigenvalue weighted by atomic mass is 16.1. The van der Waals surface area contributed by atoms with Crippen LogP contribution >= 0.6 is 0 Å². The van der Waals surface area contributed by atoms with Crippen molar-refractivity contribution >= 4 is 5.78 Å². The first-order chi connectivity index (χ1) is 7.16. The highest BCUT2D eigenvalue weighted by molar-refractivity contribution is 5.98. The topological polar surface area (TPSA) is 43.1 Å². The average molecular weight is 203 g/mol. The van der Waals surface area contributed by atoms with E-state index < -0.39 is 0 Å². The largest absolute Gasteiger partial charge is 0.328 e. The molecule has 0 aliphatic heterocycles. The molecule has 1 aliphatic carbocycles. The predicted molar refractivity (Wildman–Crippen MR) is 60.8 cm³/mol. The lowest BCUT2D eigenvalue weighted by molar-refractivity contribution is 0.0922. The lowest BCUT2D eigenvalue weighted by Crippen LogP contribution is -2.18. The maximum atomic E-state index is 12.1. The second-order valence-electron chi connectivity index (χ2n) is 4.50. The maximum Gasteiger partial charge on any atom is 0.166 e. The summed E-state index contributed by atoms with van der Waals surface area (Å²) in [6.45, 7) is 2.01. The van der Waals surface area contributed by atoms with E-state index in [-0.39, 0.29) is 17.7 Å². The number of nitrogens with two attached hydrogens (primary N) is 1. The van der Waals surface area contributed by atoms with Crippen LogP contribution in [0.2, 0.25) is 0 Å². The summed E-state index contributed by atoms with van der Waals surface area (Å²) in [5.41, 5.74) is 7.80. The van der Waals surface area contributed by atoms with E-state index in [1.165, 1.54) is 0 Å². The molecule has 1 aliphatic rings. The first-order valence-corrected chi connectivity index (χ1v) is 5.53. The Kier molecular flexibility index (Phi) is 2.87. The van der Waals surface area contributed by atoms with Gasteiger partial charge in [-0.2, -0.15) is 0 Å². The van der Waals surface area contributed by atoms with Gasteiger partial charge >= 0.3 is 0 Å². The van der Waals surface area contributed by atoms with Crippen molar-refractivity contribution in [1.29, 1.82) is 0 Å². The summed E-state index contributed by atoms with van der Waals surface area (Å²) in [5, 5.41) is 0. The van der Waals surface area contributed by atoms with E-state index >= 15 is 0 Å². The fourth-order valence-electron chi connectivity index (χ4n) is 2.29. The van der Waals surface area contributed by atoms with Crippen molar-refractivity contribution in [2.75, 3.05) is 0 Å². The molecular formula is C13H17NO. The normalized spacial score (nSPS) is 25.5. The van der Waals surface area contributed by atoms with Crippen LogP contribution in [0.25, 0.3) is 0 Å². The average Bonchev–Trinajstić information content (AvgIpc) is 2.64. The Bertz CT molecular complexity index is 373. The smallest absolute Gasteiger partial charge is 0.166 e. The minimum Gasteiger partial charge on any atom is -0.328 e. The fraction of sp³-hybridized carbons (Fsp3) is 0.462. The van der Waals surface area contributed by atoms with Crippen molar-refractivity contribution in [1.82, 2.24) is 0 Å². The van der Waals surface area contributed by atoms with E-state index in [1.807, 2.05) is 31.2 Å². The molecule has 1 fully saturated rings. The highest BCUT2D eigenvalue weighted by Crippen LogP contribution is 2.27. The quantitative estimate of drug-likeness (QED) is 0.749. The van der Waals surface area contributed by atoms with Gasteiger partial charge in [0.15, 0.2) is 5.78 Å². The van der Waals surface area contributed by atoms with Gasteiger partial charge in [0.1, 0.15) is 0 Å². The Labute approximate surface area is 90.5 Å². The van der Waals surface area contributed by atoms with Gasteiger partial charge in [-0.1, -0.05) is 23.8 Å². The molecule has 0 bridgehead atoms. The van der Waals surface area contributed by atoms with Crippen molar-refractivity contribution in [2.24, 2.45) is 11.7 Å². The summed E-state index contributed by atoms with van der Waals surface area (Å²) in [6.07, 6.45) is 2.79. The van der Waals surface area contributed by atoms with Crippen LogP contribution < -0.4 is 5.73 Å². The minimum absolute atomic E-state index is 0.154. The molecule has 2 N–H and O–H groups in total. The minimum atomic E-state index is 0.154. The molecule has 2 heteroatoms. The number of aryl methyl sites for hydroxylation is 1. The zero-order valence-electron chi connectivity index (χ0n) is 9.07. The molecule has 2 atom stereocenters. The molecule has 0 saturated heterocycles. The van der Waals surface area contributed by atoms with Crippen LogP contribution in [0, 0.1) is 12.8 Å². The lowest BCUT2D eigenvalue weighted by Gasteiger charge is -2.08. The van der Waals surface area contributed by atoms with Gasteiger partial charge in [-0.05, 0) is 32.3 Å². The lowest BCUT2D eigenvalue weighted by atomic mass is 9.95. The molecule has 1 aromatic carbocycles. The maximum absolute atomic E-state index is 12.1. The van der Waals surface area contributed by atoms with Crippen molar-refractivity contribution in [3.05, 3.63) is 35.4 Å². The molecule has 1 aromatic rings. The first kappa shape index (κ1) is 10.4. The zero-order valence-corrected chi connectivity index (χ0v) is 9.07. The van der Waals surface area contributed by atoms with Gasteiger partial charge in [-0.25, -0.2) is 0 Å². The SMILES string of the molecule is Cc1cccc(C(=O)C2CCC(N)C2)c1. The van der Waals surface area contributed by atoms with Crippen LogP contribution in [0.4, 0.5) is 0 Å². The molecule has 15 heavy (non-hydrogen) atoms. The van der Waals surface area contributed by atoms with E-state index in [1.54, 1.807) is 0 Å². The number of hydrogen-bond donors (Lipinski definition) is 1. The number of rotatable bonds is 2. The summed E-state index contributed by atoms with van der Waals surface area (Å²) in [7, 11) is 0. The van der Waals surface area contributed by atoms with Crippen molar-refractivity contribution < 1.29 is 4.79 Å². The van der Waals surface area contributed by atoms with Crippen LogP contribution in [0.15, 0.2) is 24.3 Å². The molecule has 0 spiro atoms. The number of benzene rings is 1. The highest BCUT2D eigenvalue weighted by Gasteiger charge is 2.28. The number of Topliss-reactive ketones (excluding diaryl/α,β-unsaturated/α-hetero) is 1. The van der Waals surface area contributed by atoms with Gasteiger partial charge in [-0.15, -0.1) is 0 Å². The van der Waals surface area contributed by atoms with E-state index in [0.29, 0.717) is 0 Å². The van der Waals surface area contributed by atoms with Gasteiger partial charge in [0.25, 0.3) is 0 Å². The Morgan fingerprint density at radius 3 is 2.80 bits per heavy atom. The van der Waals surface area contributed by atoms with Gasteiger partial charge < -0.3 is 5.73 Å². The van der Waals surface area contributed by atoms with E-state index in [2.05, 4.69) is 0 Å². The van der Waals surface area contributed by atoms with Crippen LogP contribution in [0.5, 0.6) is 0 Å². The molecule has 0 aromatic heterocycles. The Morgan fingerprint density at radius 2 is 2.20 bits per heavy atom. The standard InChI is InChI=1S/C13H17NO/c1-9-3-2-4-10(7-9)13(15)11-5-6-12(14)8-11/h2-4,7,11-12H,5-6,8,14H2,1H3. The molecular weight excluding hydrogens is 186 g/mol.